The Labute approximate surface area is 120 Å². The van der Waals surface area contributed by atoms with Crippen LogP contribution in [0.3, 0.4) is 0 Å². The molecule has 1 aromatic heterocycles. The molecule has 1 fully saturated rings. The lowest BCUT2D eigenvalue weighted by atomic mass is 10.2. The third-order valence-electron chi connectivity index (χ3n) is 3.84. The molecule has 2 aromatic rings. The molecule has 3 rings (SSSR count). The van der Waals surface area contributed by atoms with Gasteiger partial charge in [0.05, 0.1) is 11.2 Å². The van der Waals surface area contributed by atoms with Gasteiger partial charge in [0.2, 0.25) is 0 Å². The molecule has 1 aromatic carbocycles. The summed E-state index contributed by atoms with van der Waals surface area (Å²) >= 11 is 0. The second-order valence-electron chi connectivity index (χ2n) is 5.54. The van der Waals surface area contributed by atoms with Gasteiger partial charge in [-0.3, -0.25) is 4.68 Å². The van der Waals surface area contributed by atoms with E-state index in [4.69, 9.17) is 9.84 Å². The van der Waals surface area contributed by atoms with Crippen LogP contribution in [0.4, 0.5) is 0 Å². The predicted octanol–water partition coefficient (Wildman–Crippen LogP) is 2.71. The normalized spacial score (nSPS) is 15.1. The molecule has 1 heterocycles. The number of ether oxygens (including phenoxy) is 1. The van der Waals surface area contributed by atoms with Crippen molar-refractivity contribution in [3.05, 3.63) is 30.0 Å². The molecule has 0 bridgehead atoms. The number of para-hydroxylation sites is 1. The maximum absolute atomic E-state index is 5.10. The Morgan fingerprint density at radius 2 is 2.15 bits per heavy atom. The van der Waals surface area contributed by atoms with E-state index in [9.17, 15) is 0 Å². The standard InChI is InChI=1S/C16H23N3O/c1-20-11-5-4-10-19-16-7-3-2-6-14(16)15(18-19)12-17-13-8-9-13/h2-3,6-7,13,17H,4-5,8-12H2,1H3. The molecule has 0 atom stereocenters. The van der Waals surface area contributed by atoms with Gasteiger partial charge in [-0.25, -0.2) is 0 Å². The van der Waals surface area contributed by atoms with Crippen molar-refractivity contribution in [1.82, 2.24) is 15.1 Å². The quantitative estimate of drug-likeness (QED) is 0.752. The van der Waals surface area contributed by atoms with Crippen LogP contribution in [0.5, 0.6) is 0 Å². The number of hydrogen-bond donors (Lipinski definition) is 1. The summed E-state index contributed by atoms with van der Waals surface area (Å²) in [5, 5.41) is 9.64. The molecule has 0 amide bonds. The van der Waals surface area contributed by atoms with Crippen molar-refractivity contribution in [1.29, 1.82) is 0 Å². The number of nitrogens with one attached hydrogen (secondary N) is 1. The van der Waals surface area contributed by atoms with E-state index in [1.54, 1.807) is 7.11 Å². The van der Waals surface area contributed by atoms with E-state index in [0.717, 1.165) is 38.6 Å². The summed E-state index contributed by atoms with van der Waals surface area (Å²) in [6, 6.07) is 9.26. The molecule has 4 heteroatoms. The molecule has 1 saturated carbocycles. The Balaban J connectivity index is 1.72. The number of benzene rings is 1. The van der Waals surface area contributed by atoms with Crippen LogP contribution in [0.15, 0.2) is 24.3 Å². The lowest BCUT2D eigenvalue weighted by Crippen LogP contribution is -2.16. The topological polar surface area (TPSA) is 39.1 Å². The van der Waals surface area contributed by atoms with Gasteiger partial charge in [0, 0.05) is 38.2 Å². The first kappa shape index (κ1) is 13.6. The monoisotopic (exact) mass is 273 g/mol. The summed E-state index contributed by atoms with van der Waals surface area (Å²) in [7, 11) is 1.75. The van der Waals surface area contributed by atoms with Crippen molar-refractivity contribution >= 4 is 10.9 Å². The molecular weight excluding hydrogens is 250 g/mol. The highest BCUT2D eigenvalue weighted by atomic mass is 16.5. The van der Waals surface area contributed by atoms with E-state index in [1.165, 1.54) is 29.4 Å². The Hall–Kier alpha value is -1.39. The van der Waals surface area contributed by atoms with Gasteiger partial charge in [0.1, 0.15) is 0 Å². The number of aryl methyl sites for hydroxylation is 1. The van der Waals surface area contributed by atoms with E-state index in [2.05, 4.69) is 34.3 Å². The number of rotatable bonds is 8. The zero-order valence-electron chi connectivity index (χ0n) is 12.1. The molecule has 20 heavy (non-hydrogen) atoms. The highest BCUT2D eigenvalue weighted by Crippen LogP contribution is 2.22. The fourth-order valence-electron chi connectivity index (χ4n) is 2.53. The first-order chi connectivity index (χ1) is 9.88. The second kappa shape index (κ2) is 6.37. The van der Waals surface area contributed by atoms with Gasteiger partial charge in [-0.05, 0) is 31.7 Å². The lowest BCUT2D eigenvalue weighted by Gasteiger charge is -2.03. The highest BCUT2D eigenvalue weighted by Gasteiger charge is 2.21. The summed E-state index contributed by atoms with van der Waals surface area (Å²) in [6.07, 6.45) is 4.82. The summed E-state index contributed by atoms with van der Waals surface area (Å²) < 4.78 is 7.25. The first-order valence-corrected chi connectivity index (χ1v) is 7.55. The molecule has 4 nitrogen and oxygen atoms in total. The summed E-state index contributed by atoms with van der Waals surface area (Å²) in [5.74, 6) is 0. The Morgan fingerprint density at radius 1 is 1.30 bits per heavy atom. The van der Waals surface area contributed by atoms with Gasteiger partial charge < -0.3 is 10.1 Å². The minimum Gasteiger partial charge on any atom is -0.385 e. The van der Waals surface area contributed by atoms with Crippen LogP contribution in [0.1, 0.15) is 31.4 Å². The second-order valence-corrected chi connectivity index (χ2v) is 5.54. The van der Waals surface area contributed by atoms with Crippen molar-refractivity contribution < 1.29 is 4.74 Å². The van der Waals surface area contributed by atoms with Crippen LogP contribution in [0, 0.1) is 0 Å². The van der Waals surface area contributed by atoms with Gasteiger partial charge in [-0.1, -0.05) is 18.2 Å². The molecule has 0 unspecified atom stereocenters. The third-order valence-corrected chi connectivity index (χ3v) is 3.84. The zero-order valence-corrected chi connectivity index (χ0v) is 12.1. The molecule has 1 N–H and O–H groups in total. The maximum atomic E-state index is 5.10. The summed E-state index contributed by atoms with van der Waals surface area (Å²) in [5.41, 5.74) is 2.43. The van der Waals surface area contributed by atoms with E-state index in [1.807, 2.05) is 0 Å². The zero-order chi connectivity index (χ0) is 13.8. The van der Waals surface area contributed by atoms with E-state index < -0.39 is 0 Å². The number of unbranched alkanes of at least 4 members (excludes halogenated alkanes) is 1. The van der Waals surface area contributed by atoms with Gasteiger partial charge >= 0.3 is 0 Å². The number of methoxy groups -OCH3 is 1. The van der Waals surface area contributed by atoms with Gasteiger partial charge in [0.15, 0.2) is 0 Å². The average molecular weight is 273 g/mol. The average Bonchev–Trinajstić information content (AvgIpc) is 3.24. The number of nitrogens with zero attached hydrogens (tertiary/aromatic N) is 2. The molecule has 1 aliphatic carbocycles. The van der Waals surface area contributed by atoms with Crippen LogP contribution in [-0.4, -0.2) is 29.5 Å². The van der Waals surface area contributed by atoms with E-state index in [0.29, 0.717) is 0 Å². The summed E-state index contributed by atoms with van der Waals surface area (Å²) in [4.78, 5) is 0. The fraction of sp³-hybridized carbons (Fsp3) is 0.562. The number of aromatic nitrogens is 2. The molecule has 0 aliphatic heterocycles. The third kappa shape index (κ3) is 3.19. The molecule has 108 valence electrons. The number of fused-ring (bicyclic) bond motifs is 1. The van der Waals surface area contributed by atoms with Crippen molar-refractivity contribution in [2.75, 3.05) is 13.7 Å². The Kier molecular flexibility index (Phi) is 4.33. The van der Waals surface area contributed by atoms with Crippen molar-refractivity contribution in [3.8, 4) is 0 Å². The molecular formula is C16H23N3O. The molecule has 1 aliphatic rings. The van der Waals surface area contributed by atoms with Crippen LogP contribution in [0.25, 0.3) is 10.9 Å². The largest absolute Gasteiger partial charge is 0.385 e. The first-order valence-electron chi connectivity index (χ1n) is 7.55. The van der Waals surface area contributed by atoms with E-state index in [-0.39, 0.29) is 0 Å². The van der Waals surface area contributed by atoms with Crippen LogP contribution in [-0.2, 0) is 17.8 Å². The van der Waals surface area contributed by atoms with Gasteiger partial charge in [-0.15, -0.1) is 0 Å². The van der Waals surface area contributed by atoms with Gasteiger partial charge in [-0.2, -0.15) is 5.10 Å². The Morgan fingerprint density at radius 3 is 2.95 bits per heavy atom. The van der Waals surface area contributed by atoms with Crippen LogP contribution >= 0.6 is 0 Å². The minimum absolute atomic E-state index is 0.723. The minimum atomic E-state index is 0.723. The summed E-state index contributed by atoms with van der Waals surface area (Å²) in [6.45, 7) is 2.68. The number of hydrogen-bond acceptors (Lipinski definition) is 3. The molecule has 0 spiro atoms. The Bertz CT molecular complexity index is 560. The smallest absolute Gasteiger partial charge is 0.0841 e. The van der Waals surface area contributed by atoms with Gasteiger partial charge in [0.25, 0.3) is 0 Å². The fourth-order valence-corrected chi connectivity index (χ4v) is 2.53. The van der Waals surface area contributed by atoms with Crippen molar-refractivity contribution in [2.45, 2.75) is 44.8 Å². The van der Waals surface area contributed by atoms with Crippen LogP contribution in [0.2, 0.25) is 0 Å². The molecule has 0 radical (unpaired) electrons. The van der Waals surface area contributed by atoms with Crippen molar-refractivity contribution in [3.63, 3.8) is 0 Å². The van der Waals surface area contributed by atoms with Crippen molar-refractivity contribution in [2.24, 2.45) is 0 Å². The lowest BCUT2D eigenvalue weighted by molar-refractivity contribution is 0.191. The van der Waals surface area contributed by atoms with Crippen LogP contribution < -0.4 is 5.32 Å². The van der Waals surface area contributed by atoms with E-state index >= 15 is 0 Å². The maximum Gasteiger partial charge on any atom is 0.0841 e. The SMILES string of the molecule is COCCCCn1nc(CNC2CC2)c2ccccc21. The molecule has 0 saturated heterocycles. The highest BCUT2D eigenvalue weighted by molar-refractivity contribution is 5.81. The predicted molar refractivity (Wildman–Crippen MR) is 80.7 cm³/mol.